The third kappa shape index (κ3) is 3.43. The Kier molecular flexibility index (Phi) is 5.39. The van der Waals surface area contributed by atoms with Crippen LogP contribution in [0.15, 0.2) is 71.2 Å². The molecule has 4 heterocycles. The van der Waals surface area contributed by atoms with E-state index in [4.69, 9.17) is 21.1 Å². The van der Waals surface area contributed by atoms with Crippen LogP contribution in [0.25, 0.3) is 6.08 Å². The van der Waals surface area contributed by atoms with Crippen LogP contribution in [0.1, 0.15) is 15.9 Å². The van der Waals surface area contributed by atoms with Crippen LogP contribution in [0.3, 0.4) is 0 Å². The first-order valence-corrected chi connectivity index (χ1v) is 13.4. The number of benzene rings is 3. The minimum absolute atomic E-state index is 0.221. The normalized spacial score (nSPS) is 24.8. The molecule has 2 fully saturated rings. The molecular formula is C29H20BrClN2O5. The van der Waals surface area contributed by atoms with Gasteiger partial charge in [0.25, 0.3) is 0 Å². The first-order valence-electron chi connectivity index (χ1n) is 12.3. The zero-order valence-electron chi connectivity index (χ0n) is 19.8. The monoisotopic (exact) mass is 590 g/mol. The topological polar surface area (TPSA) is 76.1 Å². The summed E-state index contributed by atoms with van der Waals surface area (Å²) in [4.78, 5) is 45.3. The fourth-order valence-corrected chi connectivity index (χ4v) is 6.47. The van der Waals surface area contributed by atoms with Gasteiger partial charge in [0, 0.05) is 26.8 Å². The van der Waals surface area contributed by atoms with Gasteiger partial charge in [-0.1, -0.05) is 57.9 Å². The zero-order chi connectivity index (χ0) is 26.1. The van der Waals surface area contributed by atoms with Crippen LogP contribution in [0.5, 0.6) is 11.5 Å². The molecule has 4 atom stereocenters. The molecule has 38 heavy (non-hydrogen) atoms. The molecule has 0 N–H and O–H groups in total. The minimum atomic E-state index is -0.882. The van der Waals surface area contributed by atoms with Crippen LogP contribution < -0.4 is 19.3 Å². The first kappa shape index (κ1) is 23.5. The molecular weight excluding hydrogens is 572 g/mol. The Morgan fingerprint density at radius 1 is 0.895 bits per heavy atom. The Morgan fingerprint density at radius 3 is 2.42 bits per heavy atom. The van der Waals surface area contributed by atoms with Crippen molar-refractivity contribution in [1.29, 1.82) is 0 Å². The molecule has 4 aliphatic rings. The fraction of sp³-hybridized carbons (Fsp3) is 0.207. The van der Waals surface area contributed by atoms with Crippen LogP contribution in [0.4, 0.5) is 11.4 Å². The quantitative estimate of drug-likeness (QED) is 0.310. The van der Waals surface area contributed by atoms with Crippen LogP contribution in [0, 0.1) is 11.8 Å². The van der Waals surface area contributed by atoms with Gasteiger partial charge in [0.1, 0.15) is 19.3 Å². The number of amides is 2. The Hall–Kier alpha value is -3.62. The van der Waals surface area contributed by atoms with Crippen molar-refractivity contribution < 1.29 is 23.9 Å². The number of hydrogen-bond donors (Lipinski definition) is 0. The van der Waals surface area contributed by atoms with Gasteiger partial charge in [-0.15, -0.1) is 0 Å². The van der Waals surface area contributed by atoms with Crippen LogP contribution in [0.2, 0.25) is 5.02 Å². The molecule has 2 amide bonds. The number of nitrogens with zero attached hydrogens (tertiary/aromatic N) is 2. The molecule has 2 saturated heterocycles. The summed E-state index contributed by atoms with van der Waals surface area (Å²) in [5, 5.41) is 0.514. The predicted octanol–water partition coefficient (Wildman–Crippen LogP) is 5.15. The van der Waals surface area contributed by atoms with Crippen molar-refractivity contribution in [2.45, 2.75) is 12.1 Å². The SMILES string of the molecule is O=C(c1ccc(Br)cc1)[C@@H]1[C@@H]2C(=O)N(c3ccc4c(c3)OCCO4)C(=O)[C@@H]2[C@H]2C=Cc3ccc(Cl)cc3N21. The summed E-state index contributed by atoms with van der Waals surface area (Å²) in [5.41, 5.74) is 2.49. The van der Waals surface area contributed by atoms with Crippen molar-refractivity contribution in [1.82, 2.24) is 0 Å². The van der Waals surface area contributed by atoms with Crippen molar-refractivity contribution in [3.8, 4) is 11.5 Å². The van der Waals surface area contributed by atoms with Crippen molar-refractivity contribution in [2.24, 2.45) is 11.8 Å². The van der Waals surface area contributed by atoms with Gasteiger partial charge in [-0.2, -0.15) is 0 Å². The second-order valence-electron chi connectivity index (χ2n) is 9.67. The molecule has 0 aliphatic carbocycles. The number of Topliss-reactive ketones (excluding diaryl/α,β-unsaturated/α-hetero) is 1. The summed E-state index contributed by atoms with van der Waals surface area (Å²) in [6.45, 7) is 0.824. The second kappa shape index (κ2) is 8.71. The van der Waals surface area contributed by atoms with Gasteiger partial charge in [-0.3, -0.25) is 14.4 Å². The van der Waals surface area contributed by atoms with E-state index in [2.05, 4.69) is 15.9 Å². The van der Waals surface area contributed by atoms with E-state index in [9.17, 15) is 14.4 Å². The van der Waals surface area contributed by atoms with E-state index in [-0.39, 0.29) is 11.7 Å². The number of anilines is 2. The van der Waals surface area contributed by atoms with E-state index in [0.29, 0.717) is 41.0 Å². The van der Waals surface area contributed by atoms with Gasteiger partial charge in [-0.05, 0) is 42.0 Å². The predicted molar refractivity (Wildman–Crippen MR) is 146 cm³/mol. The summed E-state index contributed by atoms with van der Waals surface area (Å²) in [6, 6.07) is 16.2. The van der Waals surface area contributed by atoms with Gasteiger partial charge in [0.05, 0.1) is 23.6 Å². The average molecular weight is 592 g/mol. The van der Waals surface area contributed by atoms with Crippen LogP contribution in [-0.4, -0.2) is 42.9 Å². The molecule has 4 aliphatic heterocycles. The summed E-state index contributed by atoms with van der Waals surface area (Å²) < 4.78 is 12.1. The third-order valence-corrected chi connectivity index (χ3v) is 8.42. The maximum Gasteiger partial charge on any atom is 0.240 e. The first-order chi connectivity index (χ1) is 18.4. The number of imide groups is 1. The number of halogens is 2. The number of ketones is 1. The van der Waals surface area contributed by atoms with Crippen LogP contribution >= 0.6 is 27.5 Å². The molecule has 0 spiro atoms. The van der Waals surface area contributed by atoms with E-state index in [1.807, 2.05) is 23.1 Å². The summed E-state index contributed by atoms with van der Waals surface area (Å²) in [7, 11) is 0. The Balaban J connectivity index is 1.35. The molecule has 0 radical (unpaired) electrons. The second-order valence-corrected chi connectivity index (χ2v) is 11.0. The maximum absolute atomic E-state index is 14.1. The standard InChI is InChI=1S/C29H20BrClN2O5/c30-17-5-1-16(2-6-17)27(34)26-25-24(20-9-4-15-3-7-18(31)13-21(15)33(20)26)28(35)32(29(25)36)19-8-10-22-23(14-19)38-12-11-37-22/h1-10,13-14,20,24-26H,11-12H2/t20-,24-,25-,26+/m1/s1. The lowest BCUT2D eigenvalue weighted by Crippen LogP contribution is -2.48. The third-order valence-electron chi connectivity index (χ3n) is 7.65. The highest BCUT2D eigenvalue weighted by molar-refractivity contribution is 9.10. The number of ether oxygens (including phenoxy) is 2. The molecule has 190 valence electrons. The molecule has 0 saturated carbocycles. The zero-order valence-corrected chi connectivity index (χ0v) is 22.2. The highest BCUT2D eigenvalue weighted by atomic mass is 79.9. The van der Waals surface area contributed by atoms with E-state index in [1.165, 1.54) is 4.90 Å². The van der Waals surface area contributed by atoms with Crippen molar-refractivity contribution in [3.63, 3.8) is 0 Å². The van der Waals surface area contributed by atoms with Crippen molar-refractivity contribution in [2.75, 3.05) is 23.0 Å². The average Bonchev–Trinajstić information content (AvgIpc) is 3.41. The van der Waals surface area contributed by atoms with Crippen molar-refractivity contribution >= 4 is 62.6 Å². The molecule has 7 rings (SSSR count). The number of rotatable bonds is 3. The lowest BCUT2D eigenvalue weighted by molar-refractivity contribution is -0.122. The van der Waals surface area contributed by atoms with E-state index < -0.39 is 29.8 Å². The highest BCUT2D eigenvalue weighted by Gasteiger charge is 2.64. The lowest BCUT2D eigenvalue weighted by atomic mass is 9.86. The molecule has 0 unspecified atom stereocenters. The smallest absolute Gasteiger partial charge is 0.240 e. The number of carbonyl (C=O) groups excluding carboxylic acids is 3. The van der Waals surface area contributed by atoms with Gasteiger partial charge in [0.2, 0.25) is 11.8 Å². The highest BCUT2D eigenvalue weighted by Crippen LogP contribution is 2.50. The number of hydrogen-bond acceptors (Lipinski definition) is 6. The number of carbonyl (C=O) groups is 3. The van der Waals surface area contributed by atoms with Gasteiger partial charge in [-0.25, -0.2) is 4.90 Å². The van der Waals surface area contributed by atoms with E-state index >= 15 is 0 Å². The molecule has 9 heteroatoms. The Morgan fingerprint density at radius 2 is 1.63 bits per heavy atom. The summed E-state index contributed by atoms with van der Waals surface area (Å²) in [5.74, 6) is -1.52. The molecule has 0 bridgehead atoms. The van der Waals surface area contributed by atoms with Gasteiger partial charge < -0.3 is 14.4 Å². The minimum Gasteiger partial charge on any atom is -0.486 e. The van der Waals surface area contributed by atoms with E-state index in [0.717, 1.165) is 15.7 Å². The lowest BCUT2D eigenvalue weighted by Gasteiger charge is -2.36. The maximum atomic E-state index is 14.1. The molecule has 3 aromatic carbocycles. The van der Waals surface area contributed by atoms with Gasteiger partial charge in [0.15, 0.2) is 17.3 Å². The molecule has 3 aromatic rings. The fourth-order valence-electron chi connectivity index (χ4n) is 6.04. The van der Waals surface area contributed by atoms with Crippen molar-refractivity contribution in [3.05, 3.63) is 87.4 Å². The summed E-state index contributed by atoms with van der Waals surface area (Å²) in [6.07, 6.45) is 3.85. The van der Waals surface area contributed by atoms with E-state index in [1.54, 1.807) is 54.6 Å². The molecule has 7 nitrogen and oxygen atoms in total. The Bertz CT molecular complexity index is 1560. The number of fused-ring (bicyclic) bond motifs is 6. The summed E-state index contributed by atoms with van der Waals surface area (Å²) >= 11 is 9.78. The molecule has 0 aromatic heterocycles. The van der Waals surface area contributed by atoms with Gasteiger partial charge >= 0.3 is 0 Å². The Labute approximate surface area is 231 Å². The largest absolute Gasteiger partial charge is 0.486 e. The van der Waals surface area contributed by atoms with Crippen LogP contribution in [-0.2, 0) is 9.59 Å².